The number of nitrogens with zero attached hydrogens (tertiary/aromatic N) is 2. The minimum absolute atomic E-state index is 0.0799. The topological polar surface area (TPSA) is 72.1 Å². The van der Waals surface area contributed by atoms with Crippen LogP contribution in [0.3, 0.4) is 0 Å². The first-order chi connectivity index (χ1) is 13.2. The number of anilines is 1. The molecular weight excluding hydrogens is 387 g/mol. The standard InChI is InChI=1S/C19H22Cl2N4O2/c1-2-26-10-5-11-27-16-17(20)24-19(21)25-18(16)22-9-8-13-12-23-15-7-4-3-6-14(13)15/h3-4,6-7,12,23H,2,5,8-11H2,1H3,(H,22,24,25). The van der Waals surface area contributed by atoms with Crippen LogP contribution >= 0.6 is 23.2 Å². The molecule has 0 atom stereocenters. The molecule has 144 valence electrons. The molecule has 0 aliphatic carbocycles. The predicted molar refractivity (Wildman–Crippen MR) is 109 cm³/mol. The van der Waals surface area contributed by atoms with Crippen molar-refractivity contribution in [2.75, 3.05) is 31.7 Å². The number of fused-ring (bicyclic) bond motifs is 1. The van der Waals surface area contributed by atoms with Crippen molar-refractivity contribution in [1.82, 2.24) is 15.0 Å². The second-order valence-electron chi connectivity index (χ2n) is 5.90. The number of para-hydroxylation sites is 1. The zero-order valence-corrected chi connectivity index (χ0v) is 16.6. The van der Waals surface area contributed by atoms with Crippen LogP contribution in [0.4, 0.5) is 5.82 Å². The second kappa shape index (κ2) is 9.78. The van der Waals surface area contributed by atoms with Crippen LogP contribution in [0.15, 0.2) is 30.5 Å². The second-order valence-corrected chi connectivity index (χ2v) is 6.59. The highest BCUT2D eigenvalue weighted by atomic mass is 35.5. The summed E-state index contributed by atoms with van der Waals surface area (Å²) >= 11 is 12.1. The summed E-state index contributed by atoms with van der Waals surface area (Å²) in [6.45, 7) is 4.39. The number of H-pyrrole nitrogens is 1. The molecule has 0 radical (unpaired) electrons. The zero-order valence-electron chi connectivity index (χ0n) is 15.1. The molecule has 2 heterocycles. The Morgan fingerprint density at radius 3 is 2.85 bits per heavy atom. The number of aromatic amines is 1. The molecule has 0 unspecified atom stereocenters. The number of hydrogen-bond acceptors (Lipinski definition) is 5. The largest absolute Gasteiger partial charge is 0.487 e. The summed E-state index contributed by atoms with van der Waals surface area (Å²) in [7, 11) is 0. The minimum atomic E-state index is 0.0799. The highest BCUT2D eigenvalue weighted by Gasteiger charge is 2.14. The van der Waals surface area contributed by atoms with E-state index in [0.29, 0.717) is 37.9 Å². The van der Waals surface area contributed by atoms with E-state index in [2.05, 4.69) is 32.4 Å². The van der Waals surface area contributed by atoms with Crippen LogP contribution in [-0.4, -0.2) is 41.3 Å². The third kappa shape index (κ3) is 5.25. The number of hydrogen-bond donors (Lipinski definition) is 2. The lowest BCUT2D eigenvalue weighted by atomic mass is 10.1. The average Bonchev–Trinajstić information content (AvgIpc) is 3.06. The van der Waals surface area contributed by atoms with E-state index in [9.17, 15) is 0 Å². The molecular formula is C19H22Cl2N4O2. The van der Waals surface area contributed by atoms with Crippen molar-refractivity contribution in [3.63, 3.8) is 0 Å². The summed E-state index contributed by atoms with van der Waals surface area (Å²) < 4.78 is 11.1. The molecule has 2 aromatic heterocycles. The van der Waals surface area contributed by atoms with Crippen LogP contribution in [0.25, 0.3) is 10.9 Å². The summed E-state index contributed by atoms with van der Waals surface area (Å²) in [6.07, 6.45) is 3.59. The van der Waals surface area contributed by atoms with Gasteiger partial charge in [0.25, 0.3) is 0 Å². The molecule has 1 aromatic carbocycles. The summed E-state index contributed by atoms with van der Waals surface area (Å²) in [4.78, 5) is 11.5. The molecule has 0 spiro atoms. The summed E-state index contributed by atoms with van der Waals surface area (Å²) in [5.74, 6) is 0.910. The van der Waals surface area contributed by atoms with Gasteiger partial charge in [-0.25, -0.2) is 4.98 Å². The third-order valence-corrected chi connectivity index (χ3v) is 4.47. The van der Waals surface area contributed by atoms with Gasteiger partial charge >= 0.3 is 0 Å². The molecule has 0 saturated heterocycles. The molecule has 0 aliphatic heterocycles. The van der Waals surface area contributed by atoms with Crippen molar-refractivity contribution in [3.8, 4) is 5.75 Å². The number of halogens is 2. The Bertz CT molecular complexity index is 885. The zero-order chi connectivity index (χ0) is 19.1. The van der Waals surface area contributed by atoms with E-state index in [1.807, 2.05) is 25.3 Å². The maximum Gasteiger partial charge on any atom is 0.226 e. The van der Waals surface area contributed by atoms with Crippen molar-refractivity contribution in [1.29, 1.82) is 0 Å². The van der Waals surface area contributed by atoms with Gasteiger partial charge < -0.3 is 19.8 Å². The Labute approximate surface area is 168 Å². The van der Waals surface area contributed by atoms with Gasteiger partial charge in [-0.2, -0.15) is 4.98 Å². The molecule has 3 rings (SSSR count). The highest BCUT2D eigenvalue weighted by molar-refractivity contribution is 6.33. The summed E-state index contributed by atoms with van der Waals surface area (Å²) in [6, 6.07) is 8.21. The molecule has 0 aliphatic rings. The Balaban J connectivity index is 1.63. The molecule has 6 nitrogen and oxygen atoms in total. The van der Waals surface area contributed by atoms with Gasteiger partial charge in [0.1, 0.15) is 0 Å². The molecule has 0 saturated carbocycles. The molecule has 0 bridgehead atoms. The fourth-order valence-electron chi connectivity index (χ4n) is 2.78. The third-order valence-electron chi connectivity index (χ3n) is 4.04. The van der Waals surface area contributed by atoms with Gasteiger partial charge in [-0.1, -0.05) is 29.8 Å². The molecule has 2 N–H and O–H groups in total. The molecule has 3 aromatic rings. The Kier molecular flexibility index (Phi) is 7.15. The molecule has 27 heavy (non-hydrogen) atoms. The van der Waals surface area contributed by atoms with Crippen molar-refractivity contribution < 1.29 is 9.47 Å². The lowest BCUT2D eigenvalue weighted by Crippen LogP contribution is -2.11. The monoisotopic (exact) mass is 408 g/mol. The fourth-order valence-corrected chi connectivity index (χ4v) is 3.22. The van der Waals surface area contributed by atoms with E-state index in [1.54, 1.807) is 0 Å². The van der Waals surface area contributed by atoms with Crippen molar-refractivity contribution in [2.24, 2.45) is 0 Å². The van der Waals surface area contributed by atoms with Crippen LogP contribution < -0.4 is 10.1 Å². The predicted octanol–water partition coefficient (Wildman–Crippen LogP) is 4.72. The summed E-state index contributed by atoms with van der Waals surface area (Å²) in [5, 5.41) is 4.75. The quantitative estimate of drug-likeness (QED) is 0.288. The first kappa shape index (κ1) is 19.7. The number of ether oxygens (including phenoxy) is 2. The van der Waals surface area contributed by atoms with Crippen LogP contribution in [0.1, 0.15) is 18.9 Å². The van der Waals surface area contributed by atoms with Crippen molar-refractivity contribution in [2.45, 2.75) is 19.8 Å². The fraction of sp³-hybridized carbons (Fsp3) is 0.368. The first-order valence-corrected chi connectivity index (χ1v) is 9.67. The van der Waals surface area contributed by atoms with E-state index >= 15 is 0 Å². The van der Waals surface area contributed by atoms with Gasteiger partial charge in [0, 0.05) is 43.3 Å². The molecule has 8 heteroatoms. The SMILES string of the molecule is CCOCCCOc1c(Cl)nc(Cl)nc1NCCc1c[nH]c2ccccc12. The summed E-state index contributed by atoms with van der Waals surface area (Å²) in [5.41, 5.74) is 2.35. The van der Waals surface area contributed by atoms with Gasteiger partial charge in [0.15, 0.2) is 16.7 Å². The van der Waals surface area contributed by atoms with E-state index in [4.69, 9.17) is 32.7 Å². The van der Waals surface area contributed by atoms with Gasteiger partial charge in [-0.3, -0.25) is 0 Å². The minimum Gasteiger partial charge on any atom is -0.487 e. The first-order valence-electron chi connectivity index (χ1n) is 8.91. The van der Waals surface area contributed by atoms with Gasteiger partial charge in [0.2, 0.25) is 5.28 Å². The number of benzene rings is 1. The van der Waals surface area contributed by atoms with Crippen LogP contribution in [0.5, 0.6) is 5.75 Å². The van der Waals surface area contributed by atoms with E-state index in [-0.39, 0.29) is 10.4 Å². The van der Waals surface area contributed by atoms with E-state index < -0.39 is 0 Å². The van der Waals surface area contributed by atoms with Gasteiger partial charge in [-0.05, 0) is 36.6 Å². The lowest BCUT2D eigenvalue weighted by molar-refractivity contribution is 0.131. The van der Waals surface area contributed by atoms with Crippen molar-refractivity contribution in [3.05, 3.63) is 46.5 Å². The highest BCUT2D eigenvalue weighted by Crippen LogP contribution is 2.31. The Morgan fingerprint density at radius 1 is 1.15 bits per heavy atom. The Hall–Kier alpha value is -2.02. The number of aromatic nitrogens is 3. The lowest BCUT2D eigenvalue weighted by Gasteiger charge is -2.13. The van der Waals surface area contributed by atoms with E-state index in [0.717, 1.165) is 18.4 Å². The number of rotatable bonds is 10. The molecule has 0 fully saturated rings. The smallest absolute Gasteiger partial charge is 0.226 e. The van der Waals surface area contributed by atoms with E-state index in [1.165, 1.54) is 10.9 Å². The average molecular weight is 409 g/mol. The van der Waals surface area contributed by atoms with Gasteiger partial charge in [0.05, 0.1) is 6.61 Å². The maximum absolute atomic E-state index is 6.19. The van der Waals surface area contributed by atoms with Crippen LogP contribution in [0.2, 0.25) is 10.4 Å². The Morgan fingerprint density at radius 2 is 2.00 bits per heavy atom. The normalized spacial score (nSPS) is 11.1. The van der Waals surface area contributed by atoms with Crippen molar-refractivity contribution >= 4 is 39.9 Å². The van der Waals surface area contributed by atoms with Crippen LogP contribution in [-0.2, 0) is 11.2 Å². The molecule has 0 amide bonds. The van der Waals surface area contributed by atoms with Crippen LogP contribution in [0, 0.1) is 0 Å². The number of nitrogens with one attached hydrogen (secondary N) is 2. The maximum atomic E-state index is 6.19. The van der Waals surface area contributed by atoms with Gasteiger partial charge in [-0.15, -0.1) is 0 Å².